The van der Waals surface area contributed by atoms with Crippen LogP contribution in [0.3, 0.4) is 0 Å². The second-order valence-corrected chi connectivity index (χ2v) is 4.54. The average Bonchev–Trinajstić information content (AvgIpc) is 2.13. The molecule has 1 rings (SSSR count). The second-order valence-electron chi connectivity index (χ2n) is 3.29. The van der Waals surface area contributed by atoms with E-state index in [1.54, 1.807) is 0 Å². The Morgan fingerprint density at radius 3 is 2.69 bits per heavy atom. The summed E-state index contributed by atoms with van der Waals surface area (Å²) in [5.41, 5.74) is 1.47. The summed E-state index contributed by atoms with van der Waals surface area (Å²) in [5.74, 6) is 0. The minimum atomic E-state index is 1.08. The first-order valence-corrected chi connectivity index (χ1v) is 5.94. The molecule has 1 radical (unpaired) electrons. The minimum Gasteiger partial charge on any atom is -0.0609 e. The molecule has 0 saturated heterocycles. The van der Waals surface area contributed by atoms with Crippen molar-refractivity contribution in [3.8, 4) is 0 Å². The Labute approximate surface area is 94.9 Å². The highest BCUT2D eigenvalue weighted by Crippen LogP contribution is 2.11. The maximum atomic E-state index is 3.84. The van der Waals surface area contributed by atoms with Crippen LogP contribution in [0.25, 0.3) is 0 Å². The van der Waals surface area contributed by atoms with Gasteiger partial charge in [0.05, 0.1) is 0 Å². The van der Waals surface area contributed by atoms with Crippen LogP contribution < -0.4 is 0 Å². The van der Waals surface area contributed by atoms with Gasteiger partial charge in [-0.2, -0.15) is 0 Å². The number of rotatable bonds is 5. The molecular formula is C12H16I. The first-order valence-electron chi connectivity index (χ1n) is 4.86. The van der Waals surface area contributed by atoms with Crippen molar-refractivity contribution in [2.75, 3.05) is 0 Å². The van der Waals surface area contributed by atoms with E-state index in [0.717, 1.165) is 6.42 Å². The maximum Gasteiger partial charge on any atom is 0.0133 e. The van der Waals surface area contributed by atoms with Crippen molar-refractivity contribution < 1.29 is 0 Å². The molecule has 0 spiro atoms. The van der Waals surface area contributed by atoms with Gasteiger partial charge in [0.15, 0.2) is 0 Å². The molecule has 71 valence electrons. The number of halogens is 1. The van der Waals surface area contributed by atoms with Gasteiger partial charge in [0.2, 0.25) is 0 Å². The van der Waals surface area contributed by atoms with E-state index in [0.29, 0.717) is 0 Å². The molecule has 1 aromatic carbocycles. The monoisotopic (exact) mass is 287 g/mol. The summed E-state index contributed by atoms with van der Waals surface area (Å²) in [6.45, 7) is 3.84. The van der Waals surface area contributed by atoms with Crippen molar-refractivity contribution in [1.29, 1.82) is 0 Å². The Kier molecular flexibility index (Phi) is 5.44. The molecule has 0 nitrogen and oxygen atoms in total. The molecule has 0 aromatic heterocycles. The Morgan fingerprint density at radius 1 is 1.15 bits per heavy atom. The lowest BCUT2D eigenvalue weighted by atomic mass is 10.1. The first kappa shape index (κ1) is 11.0. The largest absolute Gasteiger partial charge is 0.0609 e. The van der Waals surface area contributed by atoms with E-state index >= 15 is 0 Å². The van der Waals surface area contributed by atoms with Crippen LogP contribution in [-0.2, 0) is 6.42 Å². The Morgan fingerprint density at radius 2 is 2.00 bits per heavy atom. The van der Waals surface area contributed by atoms with E-state index in [1.807, 2.05) is 0 Å². The highest BCUT2D eigenvalue weighted by atomic mass is 127. The molecule has 0 saturated carbocycles. The van der Waals surface area contributed by atoms with E-state index in [-0.39, 0.29) is 0 Å². The smallest absolute Gasteiger partial charge is 0.0133 e. The molecule has 0 unspecified atom stereocenters. The fraction of sp³-hybridized carbons (Fsp3) is 0.417. The van der Waals surface area contributed by atoms with E-state index in [2.05, 4.69) is 53.8 Å². The predicted molar refractivity (Wildman–Crippen MR) is 66.7 cm³/mol. The van der Waals surface area contributed by atoms with E-state index in [1.165, 1.54) is 34.8 Å². The third-order valence-electron chi connectivity index (χ3n) is 2.10. The van der Waals surface area contributed by atoms with Crippen molar-refractivity contribution >= 4 is 22.6 Å². The van der Waals surface area contributed by atoms with Gasteiger partial charge in [0, 0.05) is 3.57 Å². The van der Waals surface area contributed by atoms with Gasteiger partial charge in [0.25, 0.3) is 0 Å². The zero-order valence-corrected chi connectivity index (χ0v) is 10.1. The van der Waals surface area contributed by atoms with Crippen LogP contribution in [0.2, 0.25) is 0 Å². The molecule has 0 bridgehead atoms. The fourth-order valence-corrected chi connectivity index (χ4v) is 1.98. The molecule has 0 N–H and O–H groups in total. The van der Waals surface area contributed by atoms with Crippen LogP contribution >= 0.6 is 22.6 Å². The molecule has 0 fully saturated rings. The van der Waals surface area contributed by atoms with E-state index < -0.39 is 0 Å². The zero-order valence-electron chi connectivity index (χ0n) is 7.93. The van der Waals surface area contributed by atoms with E-state index in [4.69, 9.17) is 0 Å². The van der Waals surface area contributed by atoms with Gasteiger partial charge in [-0.3, -0.25) is 0 Å². The maximum absolute atomic E-state index is 3.84. The molecule has 13 heavy (non-hydrogen) atoms. The third kappa shape index (κ3) is 4.65. The highest BCUT2D eigenvalue weighted by molar-refractivity contribution is 14.1. The van der Waals surface area contributed by atoms with Crippen LogP contribution in [-0.4, -0.2) is 0 Å². The molecule has 0 amide bonds. The molecular weight excluding hydrogens is 271 g/mol. The average molecular weight is 287 g/mol. The lowest BCUT2D eigenvalue weighted by molar-refractivity contribution is 0.686. The van der Waals surface area contributed by atoms with Gasteiger partial charge in [-0.05, 0) is 53.1 Å². The first-order chi connectivity index (χ1) is 6.33. The van der Waals surface area contributed by atoms with Crippen LogP contribution in [0.4, 0.5) is 0 Å². The lowest BCUT2D eigenvalue weighted by Crippen LogP contribution is -1.86. The summed E-state index contributed by atoms with van der Waals surface area (Å²) in [5, 5.41) is 0. The fourth-order valence-electron chi connectivity index (χ4n) is 1.38. The van der Waals surface area contributed by atoms with Crippen molar-refractivity contribution in [1.82, 2.24) is 0 Å². The summed E-state index contributed by atoms with van der Waals surface area (Å²) >= 11 is 2.36. The Balaban J connectivity index is 2.28. The SMILES string of the molecule is [CH2]CCCCCc1cccc(I)c1. The lowest BCUT2D eigenvalue weighted by Gasteiger charge is -2.01. The number of benzene rings is 1. The standard InChI is InChI=1S/C12H16I/c1-2-3-4-5-7-11-8-6-9-12(13)10-11/h6,8-10H,1-5,7H2. The van der Waals surface area contributed by atoms with Crippen LogP contribution in [0.1, 0.15) is 31.2 Å². The van der Waals surface area contributed by atoms with Crippen molar-refractivity contribution in [2.24, 2.45) is 0 Å². The molecule has 0 aliphatic rings. The van der Waals surface area contributed by atoms with Gasteiger partial charge in [-0.1, -0.05) is 38.3 Å². The molecule has 1 heteroatoms. The Hall–Kier alpha value is -0.0500. The predicted octanol–water partition coefficient (Wildman–Crippen LogP) is 4.23. The quantitative estimate of drug-likeness (QED) is 0.561. The summed E-state index contributed by atoms with van der Waals surface area (Å²) in [7, 11) is 0. The Bertz CT molecular complexity index is 243. The highest BCUT2D eigenvalue weighted by Gasteiger charge is 1.93. The van der Waals surface area contributed by atoms with Crippen LogP contribution in [0.15, 0.2) is 24.3 Å². The summed E-state index contributed by atoms with van der Waals surface area (Å²) in [6, 6.07) is 8.76. The van der Waals surface area contributed by atoms with Crippen molar-refractivity contribution in [3.05, 3.63) is 40.3 Å². The zero-order chi connectivity index (χ0) is 9.52. The van der Waals surface area contributed by atoms with Gasteiger partial charge in [0.1, 0.15) is 0 Å². The number of hydrogen-bond donors (Lipinski definition) is 0. The van der Waals surface area contributed by atoms with Crippen molar-refractivity contribution in [3.63, 3.8) is 0 Å². The van der Waals surface area contributed by atoms with Gasteiger partial charge >= 0.3 is 0 Å². The summed E-state index contributed by atoms with van der Waals surface area (Å²) in [6.07, 6.45) is 6.18. The van der Waals surface area contributed by atoms with Gasteiger partial charge < -0.3 is 0 Å². The summed E-state index contributed by atoms with van der Waals surface area (Å²) < 4.78 is 1.34. The molecule has 0 atom stereocenters. The molecule has 0 aliphatic heterocycles. The van der Waals surface area contributed by atoms with Crippen molar-refractivity contribution in [2.45, 2.75) is 32.1 Å². The second kappa shape index (κ2) is 6.41. The van der Waals surface area contributed by atoms with Crippen LogP contribution in [0, 0.1) is 10.5 Å². The molecule has 1 aromatic rings. The molecule has 0 heterocycles. The minimum absolute atomic E-state index is 1.08. The van der Waals surface area contributed by atoms with Crippen LogP contribution in [0.5, 0.6) is 0 Å². The van der Waals surface area contributed by atoms with Gasteiger partial charge in [-0.25, -0.2) is 0 Å². The number of unbranched alkanes of at least 4 members (excludes halogenated alkanes) is 3. The topological polar surface area (TPSA) is 0 Å². The normalized spacial score (nSPS) is 10.3. The van der Waals surface area contributed by atoms with Gasteiger partial charge in [-0.15, -0.1) is 0 Å². The third-order valence-corrected chi connectivity index (χ3v) is 2.78. The summed E-state index contributed by atoms with van der Waals surface area (Å²) in [4.78, 5) is 0. The van der Waals surface area contributed by atoms with E-state index in [9.17, 15) is 0 Å². The number of aryl methyl sites for hydroxylation is 1. The molecule has 0 aliphatic carbocycles. The number of hydrogen-bond acceptors (Lipinski definition) is 0.